The van der Waals surface area contributed by atoms with Crippen molar-refractivity contribution in [3.8, 4) is 0 Å². The van der Waals surface area contributed by atoms with Gasteiger partial charge in [-0.15, -0.1) is 11.3 Å². The molecule has 2 heterocycles. The molecule has 0 saturated carbocycles. The number of Topliss-reactive ketones (excluding diaryl/α,β-unsaturated/α-hetero) is 1. The molecule has 1 atom stereocenters. The average molecular weight is 332 g/mol. The second-order valence-corrected chi connectivity index (χ2v) is 7.06. The molecule has 0 aliphatic carbocycles. The molecule has 0 aliphatic heterocycles. The van der Waals surface area contributed by atoms with E-state index in [0.29, 0.717) is 10.4 Å². The van der Waals surface area contributed by atoms with Crippen molar-refractivity contribution in [3.63, 3.8) is 0 Å². The number of nitrogens with one attached hydrogen (secondary N) is 1. The zero-order valence-electron chi connectivity index (χ0n) is 14.2. The van der Waals surface area contributed by atoms with Crippen molar-refractivity contribution in [3.05, 3.63) is 28.3 Å². The third-order valence-corrected chi connectivity index (χ3v) is 5.24. The summed E-state index contributed by atoms with van der Waals surface area (Å²) in [4.78, 5) is 29.8. The van der Waals surface area contributed by atoms with E-state index in [2.05, 4.69) is 17.2 Å². The van der Waals surface area contributed by atoms with Crippen LogP contribution in [0.1, 0.15) is 72.0 Å². The Balaban J connectivity index is 2.17. The van der Waals surface area contributed by atoms with Crippen LogP contribution in [0.3, 0.4) is 0 Å². The minimum absolute atomic E-state index is 0.0134. The molecule has 0 radical (unpaired) electrons. The third kappa shape index (κ3) is 4.16. The van der Waals surface area contributed by atoms with Crippen LogP contribution < -0.4 is 5.32 Å². The summed E-state index contributed by atoms with van der Waals surface area (Å²) >= 11 is 1.39. The number of unbranched alkanes of at least 4 members (excludes halogenated alkanes) is 2. The van der Waals surface area contributed by atoms with E-state index in [9.17, 15) is 9.59 Å². The Morgan fingerprint density at radius 3 is 2.74 bits per heavy atom. The summed E-state index contributed by atoms with van der Waals surface area (Å²) in [5.41, 5.74) is 1.48. The molecule has 0 spiro atoms. The van der Waals surface area contributed by atoms with Gasteiger partial charge >= 0.3 is 0 Å². The molecule has 0 aromatic carbocycles. The minimum Gasteiger partial charge on any atom is -0.349 e. The van der Waals surface area contributed by atoms with E-state index in [1.807, 2.05) is 19.9 Å². The summed E-state index contributed by atoms with van der Waals surface area (Å²) in [5.74, 6) is -0.0561. The molecule has 2 aromatic rings. The van der Waals surface area contributed by atoms with Crippen molar-refractivity contribution in [2.24, 2.45) is 0 Å². The number of pyridine rings is 1. The highest BCUT2D eigenvalue weighted by atomic mass is 32.1. The van der Waals surface area contributed by atoms with Gasteiger partial charge in [0.15, 0.2) is 5.78 Å². The largest absolute Gasteiger partial charge is 0.349 e. The SMILES string of the molecule is CCCCC[C@H](C)NC(=O)c1sc2ncc(C(C)=O)cc2c1C. The highest BCUT2D eigenvalue weighted by Gasteiger charge is 2.18. The van der Waals surface area contributed by atoms with Crippen LogP contribution >= 0.6 is 11.3 Å². The zero-order valence-corrected chi connectivity index (χ0v) is 15.0. The van der Waals surface area contributed by atoms with Crippen molar-refractivity contribution < 1.29 is 9.59 Å². The molecule has 2 aromatic heterocycles. The van der Waals surface area contributed by atoms with Crippen molar-refractivity contribution in [2.45, 2.75) is 59.4 Å². The Morgan fingerprint density at radius 2 is 2.09 bits per heavy atom. The van der Waals surface area contributed by atoms with Gasteiger partial charge in [-0.3, -0.25) is 9.59 Å². The molecule has 0 bridgehead atoms. The van der Waals surface area contributed by atoms with Gasteiger partial charge in [-0.2, -0.15) is 0 Å². The number of ketones is 1. The summed E-state index contributed by atoms with van der Waals surface area (Å²) in [6.07, 6.45) is 6.08. The van der Waals surface area contributed by atoms with E-state index in [1.165, 1.54) is 31.1 Å². The predicted molar refractivity (Wildman–Crippen MR) is 95.4 cm³/mol. The molecule has 124 valence electrons. The molecule has 23 heavy (non-hydrogen) atoms. The topological polar surface area (TPSA) is 59.1 Å². The lowest BCUT2D eigenvalue weighted by molar-refractivity contribution is 0.0940. The van der Waals surface area contributed by atoms with Gasteiger partial charge in [-0.05, 0) is 38.8 Å². The molecular formula is C18H24N2O2S. The lowest BCUT2D eigenvalue weighted by Gasteiger charge is -2.13. The number of hydrogen-bond donors (Lipinski definition) is 1. The normalized spacial score (nSPS) is 12.3. The Labute approximate surface area is 141 Å². The number of nitrogens with zero attached hydrogens (tertiary/aromatic N) is 1. The number of rotatable bonds is 7. The smallest absolute Gasteiger partial charge is 0.261 e. The van der Waals surface area contributed by atoms with Gasteiger partial charge in [0.2, 0.25) is 0 Å². The van der Waals surface area contributed by atoms with Crippen LogP contribution in [0.15, 0.2) is 12.3 Å². The second-order valence-electron chi connectivity index (χ2n) is 6.06. The molecule has 5 heteroatoms. The molecule has 0 saturated heterocycles. The summed E-state index contributed by atoms with van der Waals surface area (Å²) in [7, 11) is 0. The number of aromatic nitrogens is 1. The van der Waals surface area contributed by atoms with Crippen molar-refractivity contribution in [2.75, 3.05) is 0 Å². The Bertz CT molecular complexity index is 721. The molecule has 1 N–H and O–H groups in total. The van der Waals surface area contributed by atoms with Crippen LogP contribution in [-0.2, 0) is 0 Å². The Morgan fingerprint density at radius 1 is 1.35 bits per heavy atom. The Hall–Kier alpha value is -1.75. The highest BCUT2D eigenvalue weighted by Crippen LogP contribution is 2.30. The number of carbonyl (C=O) groups is 2. The summed E-state index contributed by atoms with van der Waals surface area (Å²) < 4.78 is 0. The fourth-order valence-electron chi connectivity index (χ4n) is 2.57. The van der Waals surface area contributed by atoms with Gasteiger partial charge in [0, 0.05) is 23.2 Å². The van der Waals surface area contributed by atoms with Crippen molar-refractivity contribution in [1.29, 1.82) is 0 Å². The summed E-state index contributed by atoms with van der Waals surface area (Å²) in [5, 5.41) is 3.97. The lowest BCUT2D eigenvalue weighted by atomic mass is 10.1. The fourth-order valence-corrected chi connectivity index (χ4v) is 3.60. The number of fused-ring (bicyclic) bond motifs is 1. The molecular weight excluding hydrogens is 308 g/mol. The summed E-state index contributed by atoms with van der Waals surface area (Å²) in [6.45, 7) is 7.66. The molecule has 4 nitrogen and oxygen atoms in total. The maximum atomic E-state index is 12.5. The van der Waals surface area contributed by atoms with Crippen LogP contribution in [0.2, 0.25) is 0 Å². The number of thiophene rings is 1. The van der Waals surface area contributed by atoms with E-state index in [0.717, 1.165) is 28.6 Å². The van der Waals surface area contributed by atoms with Gasteiger partial charge in [0.1, 0.15) is 4.83 Å². The van der Waals surface area contributed by atoms with Crippen molar-refractivity contribution in [1.82, 2.24) is 10.3 Å². The van der Waals surface area contributed by atoms with Crippen molar-refractivity contribution >= 4 is 33.2 Å². The van der Waals surface area contributed by atoms with Gasteiger partial charge < -0.3 is 5.32 Å². The summed E-state index contributed by atoms with van der Waals surface area (Å²) in [6, 6.07) is 2.00. The first-order valence-corrected chi connectivity index (χ1v) is 8.96. The van der Waals surface area contributed by atoms with Gasteiger partial charge in [-0.1, -0.05) is 26.2 Å². The van der Waals surface area contributed by atoms with E-state index in [-0.39, 0.29) is 17.7 Å². The number of carbonyl (C=O) groups excluding carboxylic acids is 2. The van der Waals surface area contributed by atoms with E-state index in [1.54, 1.807) is 6.20 Å². The molecule has 0 aliphatic rings. The predicted octanol–water partition coefficient (Wildman–Crippen LogP) is 4.51. The van der Waals surface area contributed by atoms with Crippen LogP contribution in [-0.4, -0.2) is 22.7 Å². The maximum Gasteiger partial charge on any atom is 0.261 e. The van der Waals surface area contributed by atoms with Crippen LogP contribution in [0, 0.1) is 6.92 Å². The average Bonchev–Trinajstić information content (AvgIpc) is 2.84. The van der Waals surface area contributed by atoms with Crippen LogP contribution in [0.25, 0.3) is 10.2 Å². The van der Waals surface area contributed by atoms with Crippen LogP contribution in [0.4, 0.5) is 0 Å². The lowest BCUT2D eigenvalue weighted by Crippen LogP contribution is -2.32. The van der Waals surface area contributed by atoms with Gasteiger partial charge in [-0.25, -0.2) is 4.98 Å². The number of hydrogen-bond acceptors (Lipinski definition) is 4. The number of aryl methyl sites for hydroxylation is 1. The number of amides is 1. The quantitative estimate of drug-likeness (QED) is 0.599. The third-order valence-electron chi connectivity index (χ3n) is 4.03. The van der Waals surface area contributed by atoms with E-state index < -0.39 is 0 Å². The van der Waals surface area contributed by atoms with Crippen LogP contribution in [0.5, 0.6) is 0 Å². The monoisotopic (exact) mass is 332 g/mol. The molecule has 0 unspecified atom stereocenters. The molecule has 1 amide bonds. The second kappa shape index (κ2) is 7.68. The zero-order chi connectivity index (χ0) is 17.0. The molecule has 2 rings (SSSR count). The van der Waals surface area contributed by atoms with Gasteiger partial charge in [0.25, 0.3) is 5.91 Å². The first kappa shape index (κ1) is 17.6. The van der Waals surface area contributed by atoms with E-state index in [4.69, 9.17) is 0 Å². The first-order valence-electron chi connectivity index (χ1n) is 8.15. The first-order chi connectivity index (χ1) is 10.9. The minimum atomic E-state index is -0.0427. The van der Waals surface area contributed by atoms with Gasteiger partial charge in [0.05, 0.1) is 4.88 Å². The molecule has 0 fully saturated rings. The highest BCUT2D eigenvalue weighted by molar-refractivity contribution is 7.20. The standard InChI is InChI=1S/C18H24N2O2S/c1-5-6-7-8-11(2)20-17(22)16-12(3)15-9-14(13(4)21)10-19-18(15)23-16/h9-11H,5-8H2,1-4H3,(H,20,22)/t11-/m0/s1. The fraction of sp³-hybridized carbons (Fsp3) is 0.500. The maximum absolute atomic E-state index is 12.5. The Kier molecular flexibility index (Phi) is 5.88. The van der Waals surface area contributed by atoms with E-state index >= 15 is 0 Å².